The van der Waals surface area contributed by atoms with Crippen LogP contribution in [0.2, 0.25) is 0 Å². The molecule has 0 amide bonds. The molecule has 3 aromatic rings. The maximum absolute atomic E-state index is 13.1. The van der Waals surface area contributed by atoms with Gasteiger partial charge >= 0.3 is 0 Å². The largest absolute Gasteiger partial charge is 0.368 e. The molecule has 2 heterocycles. The first kappa shape index (κ1) is 17.5. The van der Waals surface area contributed by atoms with E-state index >= 15 is 0 Å². The minimum atomic E-state index is -0.312. The highest BCUT2D eigenvalue weighted by atomic mass is 19.1. The van der Waals surface area contributed by atoms with Gasteiger partial charge in [-0.2, -0.15) is 5.10 Å². The molecule has 1 N–H and O–H groups in total. The fourth-order valence-electron chi connectivity index (χ4n) is 2.36. The summed E-state index contributed by atoms with van der Waals surface area (Å²) in [6.07, 6.45) is 1.48. The predicted octanol–water partition coefficient (Wildman–Crippen LogP) is 2.02. The van der Waals surface area contributed by atoms with E-state index in [1.54, 1.807) is 18.2 Å². The summed E-state index contributed by atoms with van der Waals surface area (Å²) in [6, 6.07) is 10.9. The van der Waals surface area contributed by atoms with Crippen molar-refractivity contribution in [2.45, 2.75) is 6.54 Å². The number of aromatic nitrogens is 4. The molecule has 3 rings (SSSR count). The average molecular weight is 354 g/mol. The van der Waals surface area contributed by atoms with E-state index in [0.29, 0.717) is 24.6 Å². The number of nitrogens with one attached hydrogen (secondary N) is 1. The molecular weight excluding hydrogens is 335 g/mol. The molecule has 0 saturated carbocycles. The Morgan fingerprint density at radius 1 is 1.12 bits per heavy atom. The van der Waals surface area contributed by atoms with Crippen molar-refractivity contribution in [3.8, 4) is 11.3 Å². The van der Waals surface area contributed by atoms with Gasteiger partial charge in [-0.15, -0.1) is 0 Å². The first-order valence-electron chi connectivity index (χ1n) is 8.10. The molecule has 0 aliphatic carbocycles. The standard InChI is InChI=1S/C18H19FN6O/c1-24(2)17-11-16(21-12-22-17)20-9-10-25-18(26)8-7-15(23-25)13-3-5-14(19)6-4-13/h3-8,11-12H,9-10H2,1-2H3,(H,20,21,22). The van der Waals surface area contributed by atoms with E-state index in [0.717, 1.165) is 11.4 Å². The monoisotopic (exact) mass is 354 g/mol. The topological polar surface area (TPSA) is 75.9 Å². The van der Waals surface area contributed by atoms with Crippen LogP contribution in [0, 0.1) is 5.82 Å². The average Bonchev–Trinajstić information content (AvgIpc) is 2.64. The van der Waals surface area contributed by atoms with Gasteiger partial charge in [0.05, 0.1) is 12.2 Å². The predicted molar refractivity (Wildman–Crippen MR) is 98.7 cm³/mol. The van der Waals surface area contributed by atoms with Crippen molar-refractivity contribution in [2.75, 3.05) is 30.9 Å². The van der Waals surface area contributed by atoms with Crippen LogP contribution >= 0.6 is 0 Å². The van der Waals surface area contributed by atoms with E-state index in [2.05, 4.69) is 20.4 Å². The van der Waals surface area contributed by atoms with Crippen molar-refractivity contribution in [3.05, 3.63) is 65.0 Å². The Labute approximate surface area is 150 Å². The molecule has 1 aromatic carbocycles. The van der Waals surface area contributed by atoms with Gasteiger partial charge in [0.2, 0.25) is 0 Å². The Balaban J connectivity index is 1.70. The normalized spacial score (nSPS) is 10.6. The smallest absolute Gasteiger partial charge is 0.266 e. The molecule has 0 spiro atoms. The number of hydrogen-bond donors (Lipinski definition) is 1. The maximum Gasteiger partial charge on any atom is 0.266 e. The van der Waals surface area contributed by atoms with E-state index in [9.17, 15) is 9.18 Å². The fraction of sp³-hybridized carbons (Fsp3) is 0.222. The Hall–Kier alpha value is -3.29. The van der Waals surface area contributed by atoms with Crippen LogP contribution < -0.4 is 15.8 Å². The molecule has 0 unspecified atom stereocenters. The Morgan fingerprint density at radius 2 is 1.88 bits per heavy atom. The van der Waals surface area contributed by atoms with E-state index in [1.165, 1.54) is 29.2 Å². The molecule has 0 aliphatic heterocycles. The molecular formula is C18H19FN6O. The van der Waals surface area contributed by atoms with Crippen LogP contribution in [0.1, 0.15) is 0 Å². The van der Waals surface area contributed by atoms with Gasteiger partial charge in [-0.1, -0.05) is 0 Å². The summed E-state index contributed by atoms with van der Waals surface area (Å²) in [7, 11) is 3.80. The number of rotatable bonds is 6. The minimum Gasteiger partial charge on any atom is -0.368 e. The van der Waals surface area contributed by atoms with Crippen molar-refractivity contribution < 1.29 is 4.39 Å². The van der Waals surface area contributed by atoms with Crippen LogP contribution in [0.15, 0.2) is 53.6 Å². The van der Waals surface area contributed by atoms with Gasteiger partial charge < -0.3 is 10.2 Å². The maximum atomic E-state index is 13.1. The van der Waals surface area contributed by atoms with Gasteiger partial charge in [-0.05, 0) is 30.3 Å². The first-order chi connectivity index (χ1) is 12.5. The van der Waals surface area contributed by atoms with Crippen molar-refractivity contribution in [3.63, 3.8) is 0 Å². The summed E-state index contributed by atoms with van der Waals surface area (Å²) < 4.78 is 14.4. The third kappa shape index (κ3) is 4.21. The lowest BCUT2D eigenvalue weighted by Crippen LogP contribution is -2.26. The van der Waals surface area contributed by atoms with Crippen molar-refractivity contribution >= 4 is 11.6 Å². The molecule has 26 heavy (non-hydrogen) atoms. The summed E-state index contributed by atoms with van der Waals surface area (Å²) >= 11 is 0. The Morgan fingerprint density at radius 3 is 2.62 bits per heavy atom. The van der Waals surface area contributed by atoms with Crippen LogP contribution in [0.4, 0.5) is 16.0 Å². The lowest BCUT2D eigenvalue weighted by molar-refractivity contribution is 0.600. The molecule has 8 heteroatoms. The number of benzene rings is 1. The molecule has 2 aromatic heterocycles. The second kappa shape index (κ2) is 7.73. The van der Waals surface area contributed by atoms with Gasteiger partial charge in [0.15, 0.2) is 0 Å². The summed E-state index contributed by atoms with van der Waals surface area (Å²) in [5.74, 6) is 1.15. The van der Waals surface area contributed by atoms with E-state index in [1.807, 2.05) is 25.1 Å². The van der Waals surface area contributed by atoms with Crippen LogP contribution in [0.5, 0.6) is 0 Å². The van der Waals surface area contributed by atoms with E-state index in [-0.39, 0.29) is 11.4 Å². The SMILES string of the molecule is CN(C)c1cc(NCCn2nc(-c3ccc(F)cc3)ccc2=O)ncn1. The summed E-state index contributed by atoms with van der Waals surface area (Å²) in [5.41, 5.74) is 1.16. The number of hydrogen-bond acceptors (Lipinski definition) is 6. The lowest BCUT2D eigenvalue weighted by Gasteiger charge is -2.12. The first-order valence-corrected chi connectivity index (χ1v) is 8.10. The highest BCUT2D eigenvalue weighted by Gasteiger charge is 2.05. The molecule has 134 valence electrons. The van der Waals surface area contributed by atoms with Crippen molar-refractivity contribution in [1.29, 1.82) is 0 Å². The molecule has 0 fully saturated rings. The van der Waals surface area contributed by atoms with Gasteiger partial charge in [-0.3, -0.25) is 4.79 Å². The second-order valence-electron chi connectivity index (χ2n) is 5.87. The molecule has 0 aliphatic rings. The third-order valence-electron chi connectivity index (χ3n) is 3.75. The highest BCUT2D eigenvalue weighted by molar-refractivity contribution is 5.57. The zero-order valence-electron chi connectivity index (χ0n) is 14.6. The number of anilines is 2. The van der Waals surface area contributed by atoms with Crippen LogP contribution in [0.25, 0.3) is 11.3 Å². The quantitative estimate of drug-likeness (QED) is 0.730. The van der Waals surface area contributed by atoms with E-state index in [4.69, 9.17) is 0 Å². The van der Waals surface area contributed by atoms with Crippen LogP contribution in [-0.2, 0) is 6.54 Å². The zero-order chi connectivity index (χ0) is 18.5. The summed E-state index contributed by atoms with van der Waals surface area (Å²) in [4.78, 5) is 22.2. The molecule has 0 bridgehead atoms. The van der Waals surface area contributed by atoms with Gasteiger partial charge in [0.25, 0.3) is 5.56 Å². The van der Waals surface area contributed by atoms with Crippen LogP contribution in [0.3, 0.4) is 0 Å². The molecule has 0 radical (unpaired) electrons. The summed E-state index contributed by atoms with van der Waals surface area (Å²) in [6.45, 7) is 0.846. The summed E-state index contributed by atoms with van der Waals surface area (Å²) in [5, 5.41) is 7.51. The second-order valence-corrected chi connectivity index (χ2v) is 5.87. The third-order valence-corrected chi connectivity index (χ3v) is 3.75. The zero-order valence-corrected chi connectivity index (χ0v) is 14.6. The Kier molecular flexibility index (Phi) is 5.21. The van der Waals surface area contributed by atoms with Gasteiger partial charge in [-0.25, -0.2) is 19.0 Å². The molecule has 7 nitrogen and oxygen atoms in total. The minimum absolute atomic E-state index is 0.200. The molecule has 0 atom stereocenters. The highest BCUT2D eigenvalue weighted by Crippen LogP contribution is 2.15. The molecule has 0 saturated heterocycles. The van der Waals surface area contributed by atoms with Crippen LogP contribution in [-0.4, -0.2) is 40.4 Å². The number of halogens is 1. The fourth-order valence-corrected chi connectivity index (χ4v) is 2.36. The van der Waals surface area contributed by atoms with Gasteiger partial charge in [0.1, 0.15) is 23.8 Å². The lowest BCUT2D eigenvalue weighted by atomic mass is 10.1. The van der Waals surface area contributed by atoms with Crippen molar-refractivity contribution in [2.24, 2.45) is 0 Å². The Bertz CT molecular complexity index is 939. The van der Waals surface area contributed by atoms with E-state index < -0.39 is 0 Å². The van der Waals surface area contributed by atoms with Gasteiger partial charge in [0, 0.05) is 38.3 Å². The van der Waals surface area contributed by atoms with Crippen molar-refractivity contribution in [1.82, 2.24) is 19.7 Å². The number of nitrogens with zero attached hydrogens (tertiary/aromatic N) is 5.